The molecule has 0 saturated heterocycles. The molecule has 2 rings (SSSR count). The van der Waals surface area contributed by atoms with Crippen LogP contribution in [-0.2, 0) is 16.1 Å². The maximum absolute atomic E-state index is 11.7. The van der Waals surface area contributed by atoms with Crippen molar-refractivity contribution in [3.63, 3.8) is 0 Å². The van der Waals surface area contributed by atoms with E-state index in [2.05, 4.69) is 10.6 Å². The first-order chi connectivity index (χ1) is 10.2. The standard InChI is InChI=1S/C16H22N2O3/c1-21-14-5-2-4-12(10-14)11-18-15(19)6-3-9-17-16(20)13-7-8-13/h2,4-5,10,13H,3,6-9,11H2,1H3,(H,17,20)(H,18,19). The Morgan fingerprint density at radius 1 is 1.29 bits per heavy atom. The molecule has 114 valence electrons. The number of amides is 2. The van der Waals surface area contributed by atoms with E-state index in [1.165, 1.54) is 0 Å². The monoisotopic (exact) mass is 290 g/mol. The Hall–Kier alpha value is -2.04. The van der Waals surface area contributed by atoms with Gasteiger partial charge in [0.1, 0.15) is 5.75 Å². The van der Waals surface area contributed by atoms with E-state index in [1.54, 1.807) is 7.11 Å². The lowest BCUT2D eigenvalue weighted by Crippen LogP contribution is -2.28. The van der Waals surface area contributed by atoms with Crippen LogP contribution in [-0.4, -0.2) is 25.5 Å². The zero-order valence-electron chi connectivity index (χ0n) is 12.4. The summed E-state index contributed by atoms with van der Waals surface area (Å²) < 4.78 is 5.13. The van der Waals surface area contributed by atoms with E-state index >= 15 is 0 Å². The van der Waals surface area contributed by atoms with Crippen molar-refractivity contribution in [1.82, 2.24) is 10.6 Å². The summed E-state index contributed by atoms with van der Waals surface area (Å²) in [7, 11) is 1.62. The molecule has 1 fully saturated rings. The summed E-state index contributed by atoms with van der Waals surface area (Å²) in [6.45, 7) is 1.06. The van der Waals surface area contributed by atoms with E-state index in [0.29, 0.717) is 25.9 Å². The van der Waals surface area contributed by atoms with Gasteiger partial charge in [-0.3, -0.25) is 9.59 Å². The number of carbonyl (C=O) groups is 2. The number of benzene rings is 1. The van der Waals surface area contributed by atoms with Crippen molar-refractivity contribution in [2.75, 3.05) is 13.7 Å². The largest absolute Gasteiger partial charge is 0.497 e. The fourth-order valence-corrected chi connectivity index (χ4v) is 2.02. The van der Waals surface area contributed by atoms with E-state index in [0.717, 1.165) is 24.2 Å². The summed E-state index contributed by atoms with van der Waals surface area (Å²) in [6, 6.07) is 7.61. The lowest BCUT2D eigenvalue weighted by atomic mass is 10.2. The molecule has 0 radical (unpaired) electrons. The normalized spacial score (nSPS) is 13.6. The molecular weight excluding hydrogens is 268 g/mol. The zero-order valence-corrected chi connectivity index (χ0v) is 12.4. The van der Waals surface area contributed by atoms with Crippen molar-refractivity contribution in [2.24, 2.45) is 5.92 Å². The molecule has 0 aromatic heterocycles. The molecule has 21 heavy (non-hydrogen) atoms. The van der Waals surface area contributed by atoms with Crippen molar-refractivity contribution in [3.05, 3.63) is 29.8 Å². The van der Waals surface area contributed by atoms with Gasteiger partial charge in [-0.2, -0.15) is 0 Å². The summed E-state index contributed by atoms with van der Waals surface area (Å²) >= 11 is 0. The van der Waals surface area contributed by atoms with Crippen LogP contribution >= 0.6 is 0 Å². The molecule has 5 nitrogen and oxygen atoms in total. The van der Waals surface area contributed by atoms with E-state index < -0.39 is 0 Å². The van der Waals surface area contributed by atoms with Gasteiger partial charge in [-0.1, -0.05) is 12.1 Å². The van der Waals surface area contributed by atoms with Crippen LogP contribution in [0.3, 0.4) is 0 Å². The highest BCUT2D eigenvalue weighted by Crippen LogP contribution is 2.28. The van der Waals surface area contributed by atoms with Gasteiger partial charge >= 0.3 is 0 Å². The predicted molar refractivity (Wildman–Crippen MR) is 79.8 cm³/mol. The minimum absolute atomic E-state index is 0.00140. The Bertz CT molecular complexity index is 498. The Labute approximate surface area is 125 Å². The summed E-state index contributed by atoms with van der Waals surface area (Å²) in [6.07, 6.45) is 3.11. The van der Waals surface area contributed by atoms with Gasteiger partial charge in [0.25, 0.3) is 0 Å². The van der Waals surface area contributed by atoms with Crippen LogP contribution < -0.4 is 15.4 Å². The van der Waals surface area contributed by atoms with Crippen LogP contribution in [0, 0.1) is 5.92 Å². The van der Waals surface area contributed by atoms with Crippen LogP contribution in [0.5, 0.6) is 5.75 Å². The van der Waals surface area contributed by atoms with Gasteiger partial charge in [0.2, 0.25) is 11.8 Å². The van der Waals surface area contributed by atoms with Gasteiger partial charge in [-0.15, -0.1) is 0 Å². The second-order valence-electron chi connectivity index (χ2n) is 5.30. The number of rotatable bonds is 8. The number of hydrogen-bond donors (Lipinski definition) is 2. The molecule has 1 saturated carbocycles. The minimum Gasteiger partial charge on any atom is -0.497 e. The molecule has 1 aromatic rings. The van der Waals surface area contributed by atoms with Crippen molar-refractivity contribution < 1.29 is 14.3 Å². The average molecular weight is 290 g/mol. The molecule has 2 N–H and O–H groups in total. The second-order valence-corrected chi connectivity index (χ2v) is 5.30. The molecule has 0 unspecified atom stereocenters. The Balaban J connectivity index is 1.59. The third kappa shape index (κ3) is 5.45. The molecule has 2 amide bonds. The van der Waals surface area contributed by atoms with Gasteiger partial charge in [-0.05, 0) is 37.0 Å². The molecule has 1 aromatic carbocycles. The van der Waals surface area contributed by atoms with Crippen molar-refractivity contribution >= 4 is 11.8 Å². The summed E-state index contributed by atoms with van der Waals surface area (Å²) in [4.78, 5) is 23.1. The van der Waals surface area contributed by atoms with Gasteiger partial charge in [-0.25, -0.2) is 0 Å². The molecule has 1 aliphatic rings. The van der Waals surface area contributed by atoms with Crippen LogP contribution in [0.15, 0.2) is 24.3 Å². The van der Waals surface area contributed by atoms with Gasteiger partial charge in [0.15, 0.2) is 0 Å². The highest BCUT2D eigenvalue weighted by atomic mass is 16.5. The van der Waals surface area contributed by atoms with Crippen LogP contribution in [0.4, 0.5) is 0 Å². The third-order valence-electron chi connectivity index (χ3n) is 3.45. The van der Waals surface area contributed by atoms with Crippen LogP contribution in [0.25, 0.3) is 0 Å². The number of carbonyl (C=O) groups excluding carboxylic acids is 2. The second kappa shape index (κ2) is 7.67. The Morgan fingerprint density at radius 3 is 2.81 bits per heavy atom. The molecule has 0 bridgehead atoms. The highest BCUT2D eigenvalue weighted by molar-refractivity contribution is 5.81. The maximum Gasteiger partial charge on any atom is 0.223 e. The Kier molecular flexibility index (Phi) is 5.60. The molecule has 0 aliphatic heterocycles. The minimum atomic E-state index is -0.00140. The summed E-state index contributed by atoms with van der Waals surface area (Å²) in [5.74, 6) is 1.14. The summed E-state index contributed by atoms with van der Waals surface area (Å²) in [5, 5.41) is 5.72. The molecule has 5 heteroatoms. The predicted octanol–water partition coefficient (Wildman–Crippen LogP) is 1.62. The van der Waals surface area contributed by atoms with Crippen molar-refractivity contribution in [3.8, 4) is 5.75 Å². The first kappa shape index (κ1) is 15.4. The fourth-order valence-electron chi connectivity index (χ4n) is 2.02. The number of methoxy groups -OCH3 is 1. The lowest BCUT2D eigenvalue weighted by molar-refractivity contribution is -0.123. The van der Waals surface area contributed by atoms with Crippen LogP contribution in [0.1, 0.15) is 31.2 Å². The van der Waals surface area contributed by atoms with Crippen molar-refractivity contribution in [1.29, 1.82) is 0 Å². The first-order valence-corrected chi connectivity index (χ1v) is 7.36. The third-order valence-corrected chi connectivity index (χ3v) is 3.45. The lowest BCUT2D eigenvalue weighted by Gasteiger charge is -2.07. The maximum atomic E-state index is 11.7. The fraction of sp³-hybridized carbons (Fsp3) is 0.500. The molecular formula is C16H22N2O3. The van der Waals surface area contributed by atoms with E-state index in [-0.39, 0.29) is 17.7 Å². The highest BCUT2D eigenvalue weighted by Gasteiger charge is 2.28. The van der Waals surface area contributed by atoms with Gasteiger partial charge < -0.3 is 15.4 Å². The van der Waals surface area contributed by atoms with E-state index in [1.807, 2.05) is 24.3 Å². The topological polar surface area (TPSA) is 67.4 Å². The Morgan fingerprint density at radius 2 is 2.10 bits per heavy atom. The van der Waals surface area contributed by atoms with Crippen LogP contribution in [0.2, 0.25) is 0 Å². The SMILES string of the molecule is COc1cccc(CNC(=O)CCCNC(=O)C2CC2)c1. The molecule has 0 heterocycles. The smallest absolute Gasteiger partial charge is 0.223 e. The van der Waals surface area contributed by atoms with E-state index in [9.17, 15) is 9.59 Å². The molecule has 0 spiro atoms. The quantitative estimate of drug-likeness (QED) is 0.715. The van der Waals surface area contributed by atoms with Gasteiger partial charge in [0, 0.05) is 25.4 Å². The average Bonchev–Trinajstić information content (AvgIpc) is 3.34. The number of hydrogen-bond acceptors (Lipinski definition) is 3. The van der Waals surface area contributed by atoms with Crippen molar-refractivity contribution in [2.45, 2.75) is 32.2 Å². The van der Waals surface area contributed by atoms with Gasteiger partial charge in [0.05, 0.1) is 7.11 Å². The molecule has 0 atom stereocenters. The molecule has 1 aliphatic carbocycles. The summed E-state index contributed by atoms with van der Waals surface area (Å²) in [5.41, 5.74) is 1.00. The zero-order chi connectivity index (χ0) is 15.1. The first-order valence-electron chi connectivity index (χ1n) is 7.36. The van der Waals surface area contributed by atoms with E-state index in [4.69, 9.17) is 4.74 Å². The number of nitrogens with one attached hydrogen (secondary N) is 2. The number of ether oxygens (including phenoxy) is 1.